The van der Waals surface area contributed by atoms with E-state index in [9.17, 15) is 4.79 Å². The van der Waals surface area contributed by atoms with Gasteiger partial charge in [-0.15, -0.1) is 0 Å². The van der Waals surface area contributed by atoms with E-state index in [0.717, 1.165) is 25.8 Å². The van der Waals surface area contributed by atoms with E-state index >= 15 is 0 Å². The van der Waals surface area contributed by atoms with Gasteiger partial charge in [0.25, 0.3) is 0 Å². The van der Waals surface area contributed by atoms with Gasteiger partial charge >= 0.3 is 0 Å². The van der Waals surface area contributed by atoms with E-state index in [2.05, 4.69) is 18.7 Å². The van der Waals surface area contributed by atoms with Gasteiger partial charge in [-0.1, -0.05) is 13.8 Å². The molecule has 62 valence electrons. The fourth-order valence-electron chi connectivity index (χ4n) is 2.76. The molecule has 11 heavy (non-hydrogen) atoms. The minimum atomic E-state index is 0.325. The van der Waals surface area contributed by atoms with Gasteiger partial charge in [-0.25, -0.2) is 0 Å². The second-order valence-corrected chi connectivity index (χ2v) is 3.68. The van der Waals surface area contributed by atoms with E-state index in [1.807, 2.05) is 0 Å². The second kappa shape index (κ2) is 2.07. The van der Waals surface area contributed by atoms with E-state index in [-0.39, 0.29) is 0 Å². The molecule has 2 fully saturated rings. The lowest BCUT2D eigenvalue weighted by molar-refractivity contribution is -0.118. The zero-order chi connectivity index (χ0) is 8.06. The van der Waals surface area contributed by atoms with Crippen LogP contribution in [0.25, 0.3) is 0 Å². The second-order valence-electron chi connectivity index (χ2n) is 3.68. The van der Waals surface area contributed by atoms with Crippen LogP contribution in [0.2, 0.25) is 0 Å². The maximum absolute atomic E-state index is 11.1. The van der Waals surface area contributed by atoms with Crippen LogP contribution in [0, 0.1) is 0 Å². The minimum absolute atomic E-state index is 0.325. The number of hydrogen-bond donors (Lipinski definition) is 0. The summed E-state index contributed by atoms with van der Waals surface area (Å²) in [5.74, 6) is 0.474. The molecule has 2 heteroatoms. The number of nitrogens with zero attached hydrogens (tertiary/aromatic N) is 1. The summed E-state index contributed by atoms with van der Waals surface area (Å²) in [5, 5.41) is 0. The molecule has 0 aromatic heterocycles. The van der Waals surface area contributed by atoms with Gasteiger partial charge in [0.15, 0.2) is 0 Å². The molecular formula is C9H15NO. The van der Waals surface area contributed by atoms with Crippen LogP contribution in [-0.4, -0.2) is 28.8 Å². The topological polar surface area (TPSA) is 20.1 Å². The Balaban J connectivity index is 2.13. The standard InChI is InChI=1S/C9H15NO/c1-3-9-6-7(11)5-8(9)10(9)4-2/h8H,3-6H2,1-2H3. The van der Waals surface area contributed by atoms with Gasteiger partial charge in [0.05, 0.1) is 0 Å². The molecule has 3 unspecified atom stereocenters. The summed E-state index contributed by atoms with van der Waals surface area (Å²) in [5.41, 5.74) is 0.325. The Kier molecular flexibility index (Phi) is 1.37. The molecule has 1 saturated heterocycles. The number of hydrogen-bond acceptors (Lipinski definition) is 2. The molecule has 0 aromatic rings. The summed E-state index contributed by atoms with van der Waals surface area (Å²) >= 11 is 0. The third-order valence-electron chi connectivity index (χ3n) is 3.38. The van der Waals surface area contributed by atoms with Crippen LogP contribution >= 0.6 is 0 Å². The number of Topliss-reactive ketones (excluding diaryl/α,β-unsaturated/α-hetero) is 1. The third kappa shape index (κ3) is 0.734. The van der Waals surface area contributed by atoms with E-state index in [0.29, 0.717) is 17.4 Å². The Hall–Kier alpha value is -0.370. The maximum Gasteiger partial charge on any atom is 0.136 e. The first-order valence-electron chi connectivity index (χ1n) is 4.53. The SMILES string of the molecule is CCN1C2CC(=O)CC21CC. The zero-order valence-corrected chi connectivity index (χ0v) is 7.26. The fourth-order valence-corrected chi connectivity index (χ4v) is 2.76. The summed E-state index contributed by atoms with van der Waals surface area (Å²) in [6.07, 6.45) is 2.79. The molecule has 3 atom stereocenters. The number of carbonyl (C=O) groups excluding carboxylic acids is 1. The van der Waals surface area contributed by atoms with Gasteiger partial charge in [0.1, 0.15) is 5.78 Å². The summed E-state index contributed by atoms with van der Waals surface area (Å²) in [6.45, 7) is 5.49. The Morgan fingerprint density at radius 3 is 2.82 bits per heavy atom. The highest BCUT2D eigenvalue weighted by atomic mass is 16.1. The maximum atomic E-state index is 11.1. The van der Waals surface area contributed by atoms with E-state index in [4.69, 9.17) is 0 Å². The molecular weight excluding hydrogens is 138 g/mol. The number of likely N-dealkylation sites (N-methyl/N-ethyl adjacent to an activating group) is 1. The molecule has 0 N–H and O–H groups in total. The Morgan fingerprint density at radius 2 is 2.36 bits per heavy atom. The molecule has 2 nitrogen and oxygen atoms in total. The highest BCUT2D eigenvalue weighted by Crippen LogP contribution is 2.53. The van der Waals surface area contributed by atoms with Crippen LogP contribution in [-0.2, 0) is 4.79 Å². The molecule has 2 aliphatic rings. The van der Waals surface area contributed by atoms with Crippen molar-refractivity contribution in [1.29, 1.82) is 0 Å². The normalized spacial score (nSPS) is 47.6. The average molecular weight is 153 g/mol. The first kappa shape index (κ1) is 7.29. The van der Waals surface area contributed by atoms with Crippen LogP contribution < -0.4 is 0 Å². The van der Waals surface area contributed by atoms with Crippen LogP contribution in [0.4, 0.5) is 0 Å². The molecule has 0 bridgehead atoms. The molecule has 2 rings (SSSR count). The number of likely N-dealkylation sites (tertiary alicyclic amines) is 1. The zero-order valence-electron chi connectivity index (χ0n) is 7.26. The van der Waals surface area contributed by atoms with Crippen molar-refractivity contribution >= 4 is 5.78 Å². The predicted molar refractivity (Wildman–Crippen MR) is 43.4 cm³/mol. The van der Waals surface area contributed by atoms with E-state index in [1.165, 1.54) is 0 Å². The Bertz CT molecular complexity index is 202. The summed E-state index contributed by atoms with van der Waals surface area (Å²) in [6, 6.07) is 0.616. The van der Waals surface area contributed by atoms with Crippen LogP contribution in [0.15, 0.2) is 0 Å². The van der Waals surface area contributed by atoms with Gasteiger partial charge in [-0.2, -0.15) is 0 Å². The highest BCUT2D eigenvalue weighted by molar-refractivity contribution is 5.85. The largest absolute Gasteiger partial charge is 0.300 e. The van der Waals surface area contributed by atoms with Crippen molar-refractivity contribution < 1.29 is 4.79 Å². The van der Waals surface area contributed by atoms with Crippen LogP contribution in [0.1, 0.15) is 33.1 Å². The highest BCUT2D eigenvalue weighted by Gasteiger charge is 2.65. The minimum Gasteiger partial charge on any atom is -0.300 e. The molecule has 0 aromatic carbocycles. The van der Waals surface area contributed by atoms with Crippen LogP contribution in [0.5, 0.6) is 0 Å². The van der Waals surface area contributed by atoms with Crippen molar-refractivity contribution in [2.24, 2.45) is 0 Å². The smallest absolute Gasteiger partial charge is 0.136 e. The van der Waals surface area contributed by atoms with Gasteiger partial charge in [-0.05, 0) is 13.0 Å². The van der Waals surface area contributed by atoms with Crippen molar-refractivity contribution in [1.82, 2.24) is 4.90 Å². The molecule has 1 heterocycles. The number of rotatable bonds is 2. The summed E-state index contributed by atoms with van der Waals surface area (Å²) in [7, 11) is 0. The van der Waals surface area contributed by atoms with Gasteiger partial charge < -0.3 is 0 Å². The van der Waals surface area contributed by atoms with Crippen molar-refractivity contribution in [3.8, 4) is 0 Å². The first-order valence-corrected chi connectivity index (χ1v) is 4.53. The number of fused-ring (bicyclic) bond motifs is 1. The predicted octanol–water partition coefficient (Wildman–Crippen LogP) is 1.20. The van der Waals surface area contributed by atoms with Gasteiger partial charge in [0, 0.05) is 24.4 Å². The van der Waals surface area contributed by atoms with Gasteiger partial charge in [-0.3, -0.25) is 9.69 Å². The lowest BCUT2D eigenvalue weighted by Crippen LogP contribution is -2.19. The summed E-state index contributed by atoms with van der Waals surface area (Å²) < 4.78 is 0. The van der Waals surface area contributed by atoms with Crippen molar-refractivity contribution in [2.45, 2.75) is 44.7 Å². The number of piperidine rings is 1. The van der Waals surface area contributed by atoms with E-state index in [1.54, 1.807) is 0 Å². The fraction of sp³-hybridized carbons (Fsp3) is 0.889. The Labute approximate surface area is 67.6 Å². The van der Waals surface area contributed by atoms with Crippen LogP contribution in [0.3, 0.4) is 0 Å². The lowest BCUT2D eigenvalue weighted by Gasteiger charge is -2.11. The number of ketones is 1. The molecule has 0 spiro atoms. The molecule has 0 amide bonds. The van der Waals surface area contributed by atoms with Crippen molar-refractivity contribution in [3.05, 3.63) is 0 Å². The Morgan fingerprint density at radius 1 is 1.64 bits per heavy atom. The quantitative estimate of drug-likeness (QED) is 0.555. The van der Waals surface area contributed by atoms with Crippen molar-refractivity contribution in [2.75, 3.05) is 6.54 Å². The number of carbonyl (C=O) groups is 1. The first-order chi connectivity index (χ1) is 5.24. The van der Waals surface area contributed by atoms with E-state index < -0.39 is 0 Å². The average Bonchev–Trinajstić information content (AvgIpc) is 2.44. The van der Waals surface area contributed by atoms with Gasteiger partial charge in [0.2, 0.25) is 0 Å². The molecule has 1 aliphatic carbocycles. The molecule has 0 radical (unpaired) electrons. The lowest BCUT2D eigenvalue weighted by atomic mass is 10.0. The third-order valence-corrected chi connectivity index (χ3v) is 3.38. The monoisotopic (exact) mass is 153 g/mol. The summed E-state index contributed by atoms with van der Waals surface area (Å²) in [4.78, 5) is 13.5. The molecule has 1 aliphatic heterocycles. The van der Waals surface area contributed by atoms with Crippen molar-refractivity contribution in [3.63, 3.8) is 0 Å². The molecule has 1 saturated carbocycles.